The Morgan fingerprint density at radius 2 is 2.10 bits per heavy atom. The molecule has 0 bridgehead atoms. The van der Waals surface area contributed by atoms with Crippen molar-refractivity contribution >= 4 is 5.91 Å². The van der Waals surface area contributed by atoms with Gasteiger partial charge in [-0.25, -0.2) is 4.98 Å². The van der Waals surface area contributed by atoms with E-state index < -0.39 is 0 Å². The number of imidazole rings is 1. The highest BCUT2D eigenvalue weighted by Crippen LogP contribution is 2.32. The van der Waals surface area contributed by atoms with E-state index in [4.69, 9.17) is 5.73 Å². The molecule has 2 N–H and O–H groups in total. The Morgan fingerprint density at radius 3 is 2.76 bits per heavy atom. The molecule has 0 radical (unpaired) electrons. The topological polar surface area (TPSA) is 64.2 Å². The minimum Gasteiger partial charge on any atom is -0.337 e. The highest BCUT2D eigenvalue weighted by molar-refractivity contribution is 5.80. The molecule has 1 amide bonds. The molecule has 2 aliphatic rings. The third-order valence-electron chi connectivity index (χ3n) is 4.89. The summed E-state index contributed by atoms with van der Waals surface area (Å²) < 4.78 is 2.00. The normalized spacial score (nSPS) is 26.4. The second-order valence-corrected chi connectivity index (χ2v) is 6.56. The van der Waals surface area contributed by atoms with Crippen molar-refractivity contribution in [2.45, 2.75) is 63.6 Å². The fourth-order valence-electron chi connectivity index (χ4n) is 3.33. The zero-order valence-corrected chi connectivity index (χ0v) is 12.9. The van der Waals surface area contributed by atoms with E-state index in [1.165, 1.54) is 6.42 Å². The molecule has 2 fully saturated rings. The first kappa shape index (κ1) is 14.6. The van der Waals surface area contributed by atoms with E-state index in [0.29, 0.717) is 12.6 Å². The Balaban J connectivity index is 1.73. The molecule has 2 atom stereocenters. The predicted molar refractivity (Wildman–Crippen MR) is 81.3 cm³/mol. The first-order valence-electron chi connectivity index (χ1n) is 8.19. The number of nitrogens with zero attached hydrogens (tertiary/aromatic N) is 3. The molecule has 0 aliphatic heterocycles. The second kappa shape index (κ2) is 6.18. The van der Waals surface area contributed by atoms with E-state index in [0.717, 1.165) is 44.3 Å². The van der Waals surface area contributed by atoms with Crippen molar-refractivity contribution in [2.75, 3.05) is 0 Å². The van der Waals surface area contributed by atoms with Gasteiger partial charge in [0.05, 0.1) is 12.5 Å². The molecule has 21 heavy (non-hydrogen) atoms. The molecule has 5 heteroatoms. The summed E-state index contributed by atoms with van der Waals surface area (Å²) in [6.45, 7) is 0.621. The van der Waals surface area contributed by atoms with Crippen molar-refractivity contribution in [2.24, 2.45) is 18.7 Å². The molecule has 0 saturated heterocycles. The summed E-state index contributed by atoms with van der Waals surface area (Å²) in [5.74, 6) is 1.22. The summed E-state index contributed by atoms with van der Waals surface area (Å²) in [6, 6.07) is 0.437. The van der Waals surface area contributed by atoms with Crippen LogP contribution in [0.15, 0.2) is 12.4 Å². The number of rotatable bonds is 4. The van der Waals surface area contributed by atoms with Crippen molar-refractivity contribution in [3.8, 4) is 0 Å². The molecule has 0 aromatic carbocycles. The van der Waals surface area contributed by atoms with E-state index in [-0.39, 0.29) is 17.9 Å². The Hall–Kier alpha value is -1.36. The van der Waals surface area contributed by atoms with Gasteiger partial charge in [0.1, 0.15) is 5.82 Å². The molecule has 5 nitrogen and oxygen atoms in total. The summed E-state index contributed by atoms with van der Waals surface area (Å²) >= 11 is 0. The SMILES string of the molecule is Cn1ccnc1CN(C(=O)C1CCCCCC1N)C1CC1. The monoisotopic (exact) mass is 290 g/mol. The molecule has 116 valence electrons. The Morgan fingerprint density at radius 1 is 1.33 bits per heavy atom. The number of aryl methyl sites for hydroxylation is 1. The maximum absolute atomic E-state index is 13.0. The van der Waals surface area contributed by atoms with Gasteiger partial charge in [-0.3, -0.25) is 4.79 Å². The molecule has 1 heterocycles. The Kier molecular flexibility index (Phi) is 4.29. The van der Waals surface area contributed by atoms with Crippen LogP contribution in [0.5, 0.6) is 0 Å². The Bertz CT molecular complexity index is 494. The van der Waals surface area contributed by atoms with Gasteiger partial charge >= 0.3 is 0 Å². The number of carbonyl (C=O) groups is 1. The maximum Gasteiger partial charge on any atom is 0.227 e. The van der Waals surface area contributed by atoms with Crippen LogP contribution in [0.3, 0.4) is 0 Å². The van der Waals surface area contributed by atoms with E-state index >= 15 is 0 Å². The number of hydrogen-bond acceptors (Lipinski definition) is 3. The lowest BCUT2D eigenvalue weighted by Crippen LogP contribution is -2.44. The largest absolute Gasteiger partial charge is 0.337 e. The molecule has 2 unspecified atom stereocenters. The molecule has 0 spiro atoms. The van der Waals surface area contributed by atoms with E-state index in [2.05, 4.69) is 4.98 Å². The van der Waals surface area contributed by atoms with Gasteiger partial charge in [-0.05, 0) is 25.7 Å². The van der Waals surface area contributed by atoms with Gasteiger partial charge in [0.2, 0.25) is 5.91 Å². The molecular weight excluding hydrogens is 264 g/mol. The van der Waals surface area contributed by atoms with Crippen LogP contribution in [0.1, 0.15) is 50.8 Å². The van der Waals surface area contributed by atoms with Crippen LogP contribution in [0.25, 0.3) is 0 Å². The van der Waals surface area contributed by atoms with Gasteiger partial charge < -0.3 is 15.2 Å². The fourth-order valence-corrected chi connectivity index (χ4v) is 3.33. The van der Waals surface area contributed by atoms with Gasteiger partial charge in [-0.1, -0.05) is 19.3 Å². The van der Waals surface area contributed by atoms with Crippen LogP contribution in [0.4, 0.5) is 0 Å². The van der Waals surface area contributed by atoms with Crippen molar-refractivity contribution < 1.29 is 4.79 Å². The van der Waals surface area contributed by atoms with Gasteiger partial charge in [-0.15, -0.1) is 0 Å². The fraction of sp³-hybridized carbons (Fsp3) is 0.750. The summed E-state index contributed by atoms with van der Waals surface area (Å²) in [6.07, 6.45) is 11.4. The van der Waals surface area contributed by atoms with Crippen LogP contribution < -0.4 is 5.73 Å². The lowest BCUT2D eigenvalue weighted by atomic mass is 9.94. The van der Waals surface area contributed by atoms with Crippen molar-refractivity contribution in [1.82, 2.24) is 14.5 Å². The van der Waals surface area contributed by atoms with Gasteiger partial charge in [0.15, 0.2) is 0 Å². The van der Waals surface area contributed by atoms with Crippen molar-refractivity contribution in [3.63, 3.8) is 0 Å². The third kappa shape index (κ3) is 3.28. The number of hydrogen-bond donors (Lipinski definition) is 1. The highest BCUT2D eigenvalue weighted by atomic mass is 16.2. The van der Waals surface area contributed by atoms with Crippen LogP contribution in [0.2, 0.25) is 0 Å². The number of carbonyl (C=O) groups excluding carboxylic acids is 1. The van der Waals surface area contributed by atoms with Gasteiger partial charge in [-0.2, -0.15) is 0 Å². The molecular formula is C16H26N4O. The summed E-state index contributed by atoms with van der Waals surface area (Å²) in [5, 5.41) is 0. The quantitative estimate of drug-likeness (QED) is 0.860. The minimum atomic E-state index is 0.00775. The lowest BCUT2D eigenvalue weighted by Gasteiger charge is -2.29. The first-order chi connectivity index (χ1) is 10.2. The van der Waals surface area contributed by atoms with Gasteiger partial charge in [0, 0.05) is 31.5 Å². The van der Waals surface area contributed by atoms with Crippen LogP contribution >= 0.6 is 0 Å². The minimum absolute atomic E-state index is 0.00775. The predicted octanol–water partition coefficient (Wildman–Crippen LogP) is 1.82. The van der Waals surface area contributed by atoms with Crippen LogP contribution in [-0.4, -0.2) is 32.4 Å². The summed E-state index contributed by atoms with van der Waals surface area (Å²) in [4.78, 5) is 19.4. The average Bonchev–Trinajstić information content (AvgIpc) is 3.25. The zero-order chi connectivity index (χ0) is 14.8. The lowest BCUT2D eigenvalue weighted by molar-refractivity contribution is -0.137. The van der Waals surface area contributed by atoms with E-state index in [9.17, 15) is 4.79 Å². The smallest absolute Gasteiger partial charge is 0.227 e. The van der Waals surface area contributed by atoms with Crippen LogP contribution in [-0.2, 0) is 18.4 Å². The average molecular weight is 290 g/mol. The molecule has 1 aromatic heterocycles. The Labute approximate surface area is 126 Å². The molecule has 1 aromatic rings. The summed E-state index contributed by atoms with van der Waals surface area (Å²) in [7, 11) is 1.98. The van der Waals surface area contributed by atoms with E-state index in [1.54, 1.807) is 6.20 Å². The number of aromatic nitrogens is 2. The number of nitrogens with two attached hydrogens (primary N) is 1. The molecule has 3 rings (SSSR count). The highest BCUT2D eigenvalue weighted by Gasteiger charge is 2.38. The van der Waals surface area contributed by atoms with Crippen molar-refractivity contribution in [1.29, 1.82) is 0 Å². The zero-order valence-electron chi connectivity index (χ0n) is 12.9. The van der Waals surface area contributed by atoms with Gasteiger partial charge in [0.25, 0.3) is 0 Å². The third-order valence-corrected chi connectivity index (χ3v) is 4.89. The van der Waals surface area contributed by atoms with Crippen LogP contribution in [0, 0.1) is 5.92 Å². The number of amides is 1. The second-order valence-electron chi connectivity index (χ2n) is 6.56. The van der Waals surface area contributed by atoms with Crippen molar-refractivity contribution in [3.05, 3.63) is 18.2 Å². The first-order valence-corrected chi connectivity index (χ1v) is 8.19. The standard InChI is InChI=1S/C16H26N4O/c1-19-10-9-18-15(19)11-20(12-7-8-12)16(21)13-5-3-2-4-6-14(13)17/h9-10,12-14H,2-8,11,17H2,1H3. The maximum atomic E-state index is 13.0. The molecule has 2 saturated carbocycles. The summed E-state index contributed by atoms with van der Waals surface area (Å²) in [5.41, 5.74) is 6.27. The van der Waals surface area contributed by atoms with E-state index in [1.807, 2.05) is 22.7 Å². The molecule has 2 aliphatic carbocycles.